The standard InChI is InChI=1S/C10H14O2/c11-7-6-10(8-12)9-4-2-1-3-5-9/h1-5,10-12H,6-8H2/t10-/m1/s1. The van der Waals surface area contributed by atoms with Crippen LogP contribution in [-0.2, 0) is 0 Å². The van der Waals surface area contributed by atoms with Crippen molar-refractivity contribution < 1.29 is 10.2 Å². The molecule has 0 aromatic heterocycles. The molecule has 0 radical (unpaired) electrons. The van der Waals surface area contributed by atoms with E-state index in [0.717, 1.165) is 5.56 Å². The Morgan fingerprint density at radius 2 is 1.75 bits per heavy atom. The van der Waals surface area contributed by atoms with Crippen LogP contribution in [-0.4, -0.2) is 23.4 Å². The number of aliphatic hydroxyl groups is 2. The van der Waals surface area contributed by atoms with Gasteiger partial charge in [-0.25, -0.2) is 0 Å². The van der Waals surface area contributed by atoms with Gasteiger partial charge in [0, 0.05) is 12.5 Å². The molecule has 2 heteroatoms. The third-order valence-corrected chi connectivity index (χ3v) is 1.97. The lowest BCUT2D eigenvalue weighted by molar-refractivity contribution is 0.220. The summed E-state index contributed by atoms with van der Waals surface area (Å²) in [6.45, 7) is 0.227. The predicted molar refractivity (Wildman–Crippen MR) is 48.0 cm³/mol. The lowest BCUT2D eigenvalue weighted by atomic mass is 9.97. The summed E-state index contributed by atoms with van der Waals surface area (Å²) in [6.07, 6.45) is 0.626. The van der Waals surface area contributed by atoms with Crippen molar-refractivity contribution in [3.05, 3.63) is 35.9 Å². The number of rotatable bonds is 4. The van der Waals surface area contributed by atoms with Gasteiger partial charge in [0.25, 0.3) is 0 Å². The highest BCUT2D eigenvalue weighted by atomic mass is 16.3. The summed E-state index contributed by atoms with van der Waals surface area (Å²) in [5.41, 5.74) is 1.09. The summed E-state index contributed by atoms with van der Waals surface area (Å²) < 4.78 is 0. The Bertz CT molecular complexity index is 208. The average Bonchev–Trinajstić information content (AvgIpc) is 2.15. The molecule has 0 aliphatic heterocycles. The summed E-state index contributed by atoms with van der Waals surface area (Å²) >= 11 is 0. The second-order valence-corrected chi connectivity index (χ2v) is 2.80. The monoisotopic (exact) mass is 166 g/mol. The summed E-state index contributed by atoms with van der Waals surface area (Å²) in [7, 11) is 0. The number of hydrogen-bond acceptors (Lipinski definition) is 2. The summed E-state index contributed by atoms with van der Waals surface area (Å²) in [5, 5.41) is 17.7. The van der Waals surface area contributed by atoms with Crippen molar-refractivity contribution in [2.24, 2.45) is 0 Å². The number of hydrogen-bond donors (Lipinski definition) is 2. The Morgan fingerprint density at radius 3 is 2.25 bits per heavy atom. The SMILES string of the molecule is OCC[C@H](CO)c1ccccc1. The van der Waals surface area contributed by atoms with Crippen LogP contribution in [0.4, 0.5) is 0 Å². The quantitative estimate of drug-likeness (QED) is 0.704. The van der Waals surface area contributed by atoms with Gasteiger partial charge in [-0.1, -0.05) is 30.3 Å². The minimum atomic E-state index is 0.0798. The summed E-state index contributed by atoms with van der Waals surface area (Å²) in [4.78, 5) is 0. The Morgan fingerprint density at radius 1 is 1.08 bits per heavy atom. The molecule has 0 amide bonds. The molecule has 0 unspecified atom stereocenters. The van der Waals surface area contributed by atoms with Crippen molar-refractivity contribution in [2.75, 3.05) is 13.2 Å². The van der Waals surface area contributed by atoms with Crippen LogP contribution in [0, 0.1) is 0 Å². The molecule has 2 N–H and O–H groups in total. The zero-order chi connectivity index (χ0) is 8.81. The van der Waals surface area contributed by atoms with Crippen LogP contribution in [0.15, 0.2) is 30.3 Å². The summed E-state index contributed by atoms with van der Waals surface area (Å²) in [5.74, 6) is 0.0798. The summed E-state index contributed by atoms with van der Waals surface area (Å²) in [6, 6.07) is 9.76. The fourth-order valence-electron chi connectivity index (χ4n) is 1.24. The van der Waals surface area contributed by atoms with Crippen molar-refractivity contribution in [1.82, 2.24) is 0 Å². The van der Waals surface area contributed by atoms with E-state index in [1.54, 1.807) is 0 Å². The fraction of sp³-hybridized carbons (Fsp3) is 0.400. The van der Waals surface area contributed by atoms with Gasteiger partial charge < -0.3 is 10.2 Å². The smallest absolute Gasteiger partial charge is 0.0500 e. The van der Waals surface area contributed by atoms with E-state index in [1.165, 1.54) is 0 Å². The molecule has 0 saturated heterocycles. The van der Waals surface area contributed by atoms with Crippen molar-refractivity contribution >= 4 is 0 Å². The molecule has 66 valence electrons. The Hall–Kier alpha value is -0.860. The molecule has 0 heterocycles. The number of aliphatic hydroxyl groups excluding tert-OH is 2. The zero-order valence-electron chi connectivity index (χ0n) is 6.98. The van der Waals surface area contributed by atoms with Crippen LogP contribution in [0.2, 0.25) is 0 Å². The van der Waals surface area contributed by atoms with E-state index in [-0.39, 0.29) is 19.1 Å². The highest BCUT2D eigenvalue weighted by Crippen LogP contribution is 2.17. The molecule has 1 atom stereocenters. The second-order valence-electron chi connectivity index (χ2n) is 2.80. The second kappa shape index (κ2) is 4.91. The first-order valence-corrected chi connectivity index (χ1v) is 4.15. The van der Waals surface area contributed by atoms with E-state index in [2.05, 4.69) is 0 Å². The van der Waals surface area contributed by atoms with E-state index in [4.69, 9.17) is 10.2 Å². The van der Waals surface area contributed by atoms with Crippen LogP contribution in [0.3, 0.4) is 0 Å². The lowest BCUT2D eigenvalue weighted by Crippen LogP contribution is -2.05. The lowest BCUT2D eigenvalue weighted by Gasteiger charge is -2.12. The first-order valence-electron chi connectivity index (χ1n) is 4.15. The van der Waals surface area contributed by atoms with E-state index in [9.17, 15) is 0 Å². The molecule has 0 fully saturated rings. The van der Waals surface area contributed by atoms with Gasteiger partial charge in [-0.15, -0.1) is 0 Å². The maximum Gasteiger partial charge on any atom is 0.0500 e. The topological polar surface area (TPSA) is 40.5 Å². The van der Waals surface area contributed by atoms with E-state index < -0.39 is 0 Å². The molecule has 1 aromatic carbocycles. The molecule has 0 saturated carbocycles. The highest BCUT2D eigenvalue weighted by Gasteiger charge is 2.07. The fourth-order valence-corrected chi connectivity index (χ4v) is 1.24. The van der Waals surface area contributed by atoms with Crippen molar-refractivity contribution in [1.29, 1.82) is 0 Å². The van der Waals surface area contributed by atoms with Gasteiger partial charge in [-0.3, -0.25) is 0 Å². The third kappa shape index (κ3) is 2.32. The third-order valence-electron chi connectivity index (χ3n) is 1.97. The minimum Gasteiger partial charge on any atom is -0.396 e. The Kier molecular flexibility index (Phi) is 3.77. The van der Waals surface area contributed by atoms with Gasteiger partial charge in [0.15, 0.2) is 0 Å². The molecular weight excluding hydrogens is 152 g/mol. The average molecular weight is 166 g/mol. The van der Waals surface area contributed by atoms with E-state index in [1.807, 2.05) is 30.3 Å². The van der Waals surface area contributed by atoms with Gasteiger partial charge in [0.2, 0.25) is 0 Å². The minimum absolute atomic E-state index is 0.0798. The van der Waals surface area contributed by atoms with Crippen LogP contribution >= 0.6 is 0 Å². The molecule has 1 rings (SSSR count). The van der Waals surface area contributed by atoms with Gasteiger partial charge in [0.1, 0.15) is 0 Å². The van der Waals surface area contributed by atoms with Crippen molar-refractivity contribution in [3.8, 4) is 0 Å². The molecule has 0 aliphatic carbocycles. The molecule has 2 nitrogen and oxygen atoms in total. The highest BCUT2D eigenvalue weighted by molar-refractivity contribution is 5.19. The first-order chi connectivity index (χ1) is 5.88. The normalized spacial score (nSPS) is 12.8. The van der Waals surface area contributed by atoms with Gasteiger partial charge in [-0.2, -0.15) is 0 Å². The van der Waals surface area contributed by atoms with Crippen LogP contribution in [0.25, 0.3) is 0 Å². The first kappa shape index (κ1) is 9.23. The van der Waals surface area contributed by atoms with E-state index >= 15 is 0 Å². The molecule has 0 bridgehead atoms. The number of benzene rings is 1. The predicted octanol–water partition coefficient (Wildman–Crippen LogP) is 1.14. The maximum atomic E-state index is 9.00. The Labute approximate surface area is 72.5 Å². The van der Waals surface area contributed by atoms with Crippen LogP contribution in [0.1, 0.15) is 17.9 Å². The molecule has 12 heavy (non-hydrogen) atoms. The Balaban J connectivity index is 2.66. The largest absolute Gasteiger partial charge is 0.396 e. The zero-order valence-corrected chi connectivity index (χ0v) is 6.98. The van der Waals surface area contributed by atoms with Crippen molar-refractivity contribution in [3.63, 3.8) is 0 Å². The van der Waals surface area contributed by atoms with E-state index in [0.29, 0.717) is 6.42 Å². The van der Waals surface area contributed by atoms with Gasteiger partial charge in [0.05, 0.1) is 6.61 Å². The maximum absolute atomic E-state index is 9.00. The molecular formula is C10H14O2. The van der Waals surface area contributed by atoms with Crippen molar-refractivity contribution in [2.45, 2.75) is 12.3 Å². The molecule has 0 spiro atoms. The van der Waals surface area contributed by atoms with Gasteiger partial charge in [-0.05, 0) is 12.0 Å². The van der Waals surface area contributed by atoms with Gasteiger partial charge >= 0.3 is 0 Å². The van der Waals surface area contributed by atoms with Crippen LogP contribution < -0.4 is 0 Å². The molecule has 0 aliphatic rings. The molecule has 1 aromatic rings. The van der Waals surface area contributed by atoms with Crippen LogP contribution in [0.5, 0.6) is 0 Å².